The van der Waals surface area contributed by atoms with E-state index in [0.717, 1.165) is 18.5 Å². The Kier molecular flexibility index (Phi) is 6.02. The van der Waals surface area contributed by atoms with Crippen molar-refractivity contribution in [1.82, 2.24) is 15.1 Å². The molecule has 1 atom stereocenters. The maximum absolute atomic E-state index is 12.3. The minimum Gasteiger partial charge on any atom is -0.409 e. The molecule has 1 amide bonds. The molecular formula is C13H23N5O2. The highest BCUT2D eigenvalue weighted by atomic mass is 16.4. The summed E-state index contributed by atoms with van der Waals surface area (Å²) in [5.74, 6) is -0.248. The molecule has 20 heavy (non-hydrogen) atoms. The van der Waals surface area contributed by atoms with Crippen molar-refractivity contribution in [3.8, 4) is 0 Å². The van der Waals surface area contributed by atoms with E-state index in [1.165, 1.54) is 0 Å². The van der Waals surface area contributed by atoms with Crippen LogP contribution in [0.2, 0.25) is 0 Å². The summed E-state index contributed by atoms with van der Waals surface area (Å²) < 4.78 is 1.66. The van der Waals surface area contributed by atoms with Crippen LogP contribution >= 0.6 is 0 Å². The number of oxime groups is 1. The number of amidine groups is 1. The Balaban J connectivity index is 2.91. The molecule has 0 saturated heterocycles. The van der Waals surface area contributed by atoms with Gasteiger partial charge in [-0.2, -0.15) is 5.10 Å². The number of nitrogens with two attached hydrogens (primary N) is 1. The summed E-state index contributed by atoms with van der Waals surface area (Å²) in [7, 11) is 0. The Morgan fingerprint density at radius 2 is 2.25 bits per heavy atom. The summed E-state index contributed by atoms with van der Waals surface area (Å²) in [4.78, 5) is 12.3. The third kappa shape index (κ3) is 3.72. The molecule has 4 N–H and O–H groups in total. The lowest BCUT2D eigenvalue weighted by atomic mass is 10.1. The molecule has 0 spiro atoms. The van der Waals surface area contributed by atoms with Gasteiger partial charge in [-0.25, -0.2) is 0 Å². The lowest BCUT2D eigenvalue weighted by molar-refractivity contribution is 0.0934. The van der Waals surface area contributed by atoms with Gasteiger partial charge in [0.1, 0.15) is 5.69 Å². The molecule has 0 saturated carbocycles. The second kappa shape index (κ2) is 7.52. The standard InChI is InChI=1S/C13H23N5O2/c1-4-7-10(12(14)17-20)15-13(19)11-8-9(5-2)16-18(11)6-3/h8,10,20H,4-7H2,1-3H3,(H2,14,17)(H,15,19). The smallest absolute Gasteiger partial charge is 0.270 e. The molecule has 0 aliphatic carbocycles. The second-order valence-corrected chi connectivity index (χ2v) is 4.53. The quantitative estimate of drug-likeness (QED) is 0.301. The highest BCUT2D eigenvalue weighted by Gasteiger charge is 2.20. The first-order valence-electron chi connectivity index (χ1n) is 6.92. The van der Waals surface area contributed by atoms with Gasteiger partial charge in [0.15, 0.2) is 5.84 Å². The monoisotopic (exact) mass is 281 g/mol. The highest BCUT2D eigenvalue weighted by Crippen LogP contribution is 2.07. The molecule has 1 unspecified atom stereocenters. The third-order valence-corrected chi connectivity index (χ3v) is 3.08. The van der Waals surface area contributed by atoms with Crippen LogP contribution in [0.15, 0.2) is 11.2 Å². The van der Waals surface area contributed by atoms with E-state index in [1.54, 1.807) is 10.7 Å². The van der Waals surface area contributed by atoms with Gasteiger partial charge in [-0.05, 0) is 25.8 Å². The van der Waals surface area contributed by atoms with Crippen molar-refractivity contribution < 1.29 is 10.0 Å². The number of carbonyl (C=O) groups excluding carboxylic acids is 1. The van der Waals surface area contributed by atoms with E-state index in [4.69, 9.17) is 10.9 Å². The Morgan fingerprint density at radius 1 is 1.55 bits per heavy atom. The molecule has 0 aliphatic heterocycles. The van der Waals surface area contributed by atoms with Gasteiger partial charge in [-0.1, -0.05) is 25.4 Å². The fourth-order valence-electron chi connectivity index (χ4n) is 1.95. The van der Waals surface area contributed by atoms with Crippen molar-refractivity contribution in [2.24, 2.45) is 10.9 Å². The normalized spacial score (nSPS) is 13.2. The summed E-state index contributed by atoms with van der Waals surface area (Å²) in [5.41, 5.74) is 6.96. The van der Waals surface area contributed by atoms with Gasteiger partial charge in [-0.3, -0.25) is 9.48 Å². The van der Waals surface area contributed by atoms with Crippen LogP contribution in [0.1, 0.15) is 49.8 Å². The van der Waals surface area contributed by atoms with Crippen LogP contribution in [0.3, 0.4) is 0 Å². The van der Waals surface area contributed by atoms with Crippen molar-refractivity contribution in [3.63, 3.8) is 0 Å². The number of amides is 1. The van der Waals surface area contributed by atoms with E-state index in [9.17, 15) is 4.79 Å². The first-order chi connectivity index (χ1) is 9.57. The number of aryl methyl sites for hydroxylation is 2. The van der Waals surface area contributed by atoms with Crippen LogP contribution in [0, 0.1) is 0 Å². The lowest BCUT2D eigenvalue weighted by Crippen LogP contribution is -2.45. The van der Waals surface area contributed by atoms with Crippen molar-refractivity contribution in [2.45, 2.75) is 52.6 Å². The SMILES string of the molecule is CCCC(NC(=O)c1cc(CC)nn1CC)C(N)=NO. The minimum absolute atomic E-state index is 0.0125. The van der Waals surface area contributed by atoms with E-state index in [1.807, 2.05) is 20.8 Å². The lowest BCUT2D eigenvalue weighted by Gasteiger charge is -2.16. The highest BCUT2D eigenvalue weighted by molar-refractivity contribution is 5.97. The average Bonchev–Trinajstić information content (AvgIpc) is 2.89. The molecule has 0 bridgehead atoms. The van der Waals surface area contributed by atoms with E-state index < -0.39 is 6.04 Å². The first-order valence-corrected chi connectivity index (χ1v) is 6.92. The average molecular weight is 281 g/mol. The number of aromatic nitrogens is 2. The van der Waals surface area contributed by atoms with Crippen LogP contribution < -0.4 is 11.1 Å². The van der Waals surface area contributed by atoms with Gasteiger partial charge < -0.3 is 16.3 Å². The molecule has 7 heteroatoms. The molecule has 0 aromatic carbocycles. The number of nitrogens with zero attached hydrogens (tertiary/aromatic N) is 3. The zero-order valence-corrected chi connectivity index (χ0v) is 12.3. The number of carbonyl (C=O) groups is 1. The summed E-state index contributed by atoms with van der Waals surface area (Å²) in [6.45, 7) is 6.50. The first kappa shape index (κ1) is 16.0. The second-order valence-electron chi connectivity index (χ2n) is 4.53. The number of hydrogen-bond acceptors (Lipinski definition) is 4. The summed E-state index contributed by atoms with van der Waals surface area (Å²) in [5, 5.41) is 18.8. The molecule has 1 aromatic heterocycles. The van der Waals surface area contributed by atoms with Gasteiger partial charge in [0.05, 0.1) is 11.7 Å². The molecule has 1 heterocycles. The van der Waals surface area contributed by atoms with Crippen LogP contribution in [0.5, 0.6) is 0 Å². The zero-order valence-electron chi connectivity index (χ0n) is 12.3. The fraction of sp³-hybridized carbons (Fsp3) is 0.615. The van der Waals surface area contributed by atoms with Gasteiger partial charge in [0.2, 0.25) is 0 Å². The number of nitrogens with one attached hydrogen (secondary N) is 1. The zero-order chi connectivity index (χ0) is 15.1. The number of rotatable bonds is 7. The van der Waals surface area contributed by atoms with Crippen LogP contribution in [0.4, 0.5) is 0 Å². The maximum atomic E-state index is 12.3. The van der Waals surface area contributed by atoms with E-state index >= 15 is 0 Å². The molecule has 1 aromatic rings. The molecule has 7 nitrogen and oxygen atoms in total. The van der Waals surface area contributed by atoms with E-state index in [-0.39, 0.29) is 11.7 Å². The van der Waals surface area contributed by atoms with Crippen LogP contribution in [-0.2, 0) is 13.0 Å². The van der Waals surface area contributed by atoms with E-state index in [2.05, 4.69) is 15.6 Å². The largest absolute Gasteiger partial charge is 0.409 e. The maximum Gasteiger partial charge on any atom is 0.270 e. The Hall–Kier alpha value is -2.05. The Bertz CT molecular complexity index is 481. The van der Waals surface area contributed by atoms with Gasteiger partial charge in [-0.15, -0.1) is 0 Å². The van der Waals surface area contributed by atoms with Crippen molar-refractivity contribution in [3.05, 3.63) is 17.5 Å². The predicted octanol–water partition coefficient (Wildman–Crippen LogP) is 1.11. The Morgan fingerprint density at radius 3 is 2.75 bits per heavy atom. The van der Waals surface area contributed by atoms with Crippen LogP contribution in [0.25, 0.3) is 0 Å². The van der Waals surface area contributed by atoms with Crippen molar-refractivity contribution in [2.75, 3.05) is 0 Å². The molecule has 112 valence electrons. The van der Waals surface area contributed by atoms with Gasteiger partial charge >= 0.3 is 0 Å². The van der Waals surface area contributed by atoms with Gasteiger partial charge in [0, 0.05) is 6.54 Å². The molecule has 0 fully saturated rings. The van der Waals surface area contributed by atoms with Crippen molar-refractivity contribution >= 4 is 11.7 Å². The number of hydrogen-bond donors (Lipinski definition) is 3. The molecule has 0 aliphatic rings. The van der Waals surface area contributed by atoms with Crippen LogP contribution in [-0.4, -0.2) is 32.8 Å². The Labute approximate surface area is 118 Å². The summed E-state index contributed by atoms with van der Waals surface area (Å²) in [6, 6.07) is 1.30. The van der Waals surface area contributed by atoms with Crippen molar-refractivity contribution in [1.29, 1.82) is 0 Å². The molecule has 0 radical (unpaired) electrons. The molecule has 1 rings (SSSR count). The summed E-state index contributed by atoms with van der Waals surface area (Å²) in [6.07, 6.45) is 2.20. The minimum atomic E-state index is -0.470. The fourth-order valence-corrected chi connectivity index (χ4v) is 1.95. The summed E-state index contributed by atoms with van der Waals surface area (Å²) >= 11 is 0. The predicted molar refractivity (Wildman–Crippen MR) is 76.9 cm³/mol. The van der Waals surface area contributed by atoms with E-state index in [0.29, 0.717) is 18.7 Å². The topological polar surface area (TPSA) is 106 Å². The van der Waals surface area contributed by atoms with Gasteiger partial charge in [0.25, 0.3) is 5.91 Å². The molecular weight excluding hydrogens is 258 g/mol. The third-order valence-electron chi connectivity index (χ3n) is 3.08.